The minimum atomic E-state index is 1.05. The molecule has 1 rings (SSSR count). The first kappa shape index (κ1) is 53.1. The second kappa shape index (κ2) is 45.2. The third-order valence-electron chi connectivity index (χ3n) is 12.7. The topological polar surface area (TPSA) is 25.8 Å². The zero-order valence-corrected chi connectivity index (χ0v) is 39.2. The quantitative estimate of drug-likeness (QED) is 0.0616. The predicted octanol–water partition coefficient (Wildman–Crippen LogP) is 19.3. The van der Waals surface area contributed by atoms with Gasteiger partial charge < -0.3 is 0 Å². The zero-order valence-electron chi connectivity index (χ0n) is 39.2. The third-order valence-corrected chi connectivity index (χ3v) is 12.7. The summed E-state index contributed by atoms with van der Waals surface area (Å²) in [6.07, 6.45) is 66.4. The molecule has 0 atom stereocenters. The van der Waals surface area contributed by atoms with E-state index in [2.05, 4.69) is 26.8 Å². The lowest BCUT2D eigenvalue weighted by molar-refractivity contribution is 0.520. The summed E-state index contributed by atoms with van der Waals surface area (Å²) in [6, 6.07) is 2.36. The van der Waals surface area contributed by atoms with E-state index in [0.29, 0.717) is 0 Å². The van der Waals surface area contributed by atoms with Crippen molar-refractivity contribution in [1.29, 1.82) is 0 Å². The van der Waals surface area contributed by atoms with Crippen LogP contribution in [0.1, 0.15) is 320 Å². The maximum absolute atomic E-state index is 5.02. The SMILES string of the molecule is CCCCCCCCCCCCCCCCCCCCCCCc1cc(CCCCCCCCCCCCCCCCCCCCCCC)nc(CCCC)n1. The van der Waals surface area contributed by atoms with Crippen molar-refractivity contribution in [3.63, 3.8) is 0 Å². The third kappa shape index (κ3) is 38.6. The minimum absolute atomic E-state index is 1.05. The molecule has 2 heteroatoms. The Morgan fingerprint density at radius 2 is 0.429 bits per heavy atom. The molecule has 0 spiro atoms. The van der Waals surface area contributed by atoms with Gasteiger partial charge in [0.05, 0.1) is 0 Å². The van der Waals surface area contributed by atoms with Gasteiger partial charge in [0.2, 0.25) is 0 Å². The Morgan fingerprint density at radius 3 is 0.643 bits per heavy atom. The van der Waals surface area contributed by atoms with E-state index in [-0.39, 0.29) is 0 Å². The maximum Gasteiger partial charge on any atom is 0.128 e. The zero-order chi connectivity index (χ0) is 40.1. The lowest BCUT2D eigenvalue weighted by atomic mass is 10.0. The number of hydrogen-bond acceptors (Lipinski definition) is 2. The monoisotopic (exact) mass is 781 g/mol. The van der Waals surface area contributed by atoms with Gasteiger partial charge in [-0.2, -0.15) is 0 Å². The smallest absolute Gasteiger partial charge is 0.128 e. The molecule has 1 aromatic heterocycles. The van der Waals surface area contributed by atoms with Crippen LogP contribution < -0.4 is 0 Å². The highest BCUT2D eigenvalue weighted by Crippen LogP contribution is 2.18. The summed E-state index contributed by atoms with van der Waals surface area (Å²) >= 11 is 0. The molecule has 0 saturated carbocycles. The Kier molecular flexibility index (Phi) is 42.8. The van der Waals surface area contributed by atoms with E-state index in [1.165, 1.54) is 294 Å². The molecular formula is C54H104N2. The lowest BCUT2D eigenvalue weighted by Gasteiger charge is -2.09. The molecule has 0 aliphatic heterocycles. The van der Waals surface area contributed by atoms with Crippen LogP contribution in [0.3, 0.4) is 0 Å². The first-order valence-corrected chi connectivity index (χ1v) is 26.7. The van der Waals surface area contributed by atoms with E-state index >= 15 is 0 Å². The van der Waals surface area contributed by atoms with Crippen LogP contribution in [-0.2, 0) is 19.3 Å². The summed E-state index contributed by atoms with van der Waals surface area (Å²) < 4.78 is 0. The van der Waals surface area contributed by atoms with Crippen molar-refractivity contribution < 1.29 is 0 Å². The van der Waals surface area contributed by atoms with Gasteiger partial charge in [0.25, 0.3) is 0 Å². The van der Waals surface area contributed by atoms with Gasteiger partial charge in [-0.1, -0.05) is 284 Å². The van der Waals surface area contributed by atoms with Crippen molar-refractivity contribution in [2.45, 2.75) is 323 Å². The molecule has 0 aliphatic carbocycles. The second-order valence-electron chi connectivity index (χ2n) is 18.5. The van der Waals surface area contributed by atoms with Gasteiger partial charge in [-0.05, 0) is 38.2 Å². The summed E-state index contributed by atoms with van der Waals surface area (Å²) in [4.78, 5) is 10.0. The number of aryl methyl sites for hydroxylation is 3. The fourth-order valence-corrected chi connectivity index (χ4v) is 8.79. The number of unbranched alkanes of at least 4 members (excludes halogenated alkanes) is 41. The van der Waals surface area contributed by atoms with Crippen LogP contribution in [-0.4, -0.2) is 9.97 Å². The Hall–Kier alpha value is -0.920. The maximum atomic E-state index is 5.02. The molecule has 330 valence electrons. The number of hydrogen-bond donors (Lipinski definition) is 0. The van der Waals surface area contributed by atoms with Gasteiger partial charge in [0.15, 0.2) is 0 Å². The highest BCUT2D eigenvalue weighted by molar-refractivity contribution is 5.12. The predicted molar refractivity (Wildman–Crippen MR) is 253 cm³/mol. The standard InChI is InChI=1S/C54H104N2/c1-4-7-10-12-14-16-18-20-22-24-26-28-30-32-34-36-38-40-42-44-46-48-52-51-53(56-54(55-52)50-9-6-3)49-47-45-43-41-39-37-35-33-31-29-27-25-23-21-19-17-15-13-11-8-5-2/h51H,4-50H2,1-3H3. The van der Waals surface area contributed by atoms with Crippen molar-refractivity contribution in [3.05, 3.63) is 23.3 Å². The first-order valence-electron chi connectivity index (χ1n) is 26.7. The average molecular weight is 781 g/mol. The van der Waals surface area contributed by atoms with Crippen molar-refractivity contribution in [1.82, 2.24) is 9.97 Å². The van der Waals surface area contributed by atoms with Crippen molar-refractivity contribution in [3.8, 4) is 0 Å². The van der Waals surface area contributed by atoms with Gasteiger partial charge >= 0.3 is 0 Å². The Bertz CT molecular complexity index is 815. The van der Waals surface area contributed by atoms with E-state index in [1.54, 1.807) is 0 Å². The van der Waals surface area contributed by atoms with E-state index in [1.807, 2.05) is 0 Å². The fraction of sp³-hybridized carbons (Fsp3) is 0.926. The Balaban J connectivity index is 1.97. The van der Waals surface area contributed by atoms with E-state index in [4.69, 9.17) is 9.97 Å². The first-order chi connectivity index (χ1) is 27.8. The Labute approximate surface area is 354 Å². The molecule has 2 nitrogen and oxygen atoms in total. The van der Waals surface area contributed by atoms with Crippen LogP contribution in [0.25, 0.3) is 0 Å². The second-order valence-corrected chi connectivity index (χ2v) is 18.5. The fourth-order valence-electron chi connectivity index (χ4n) is 8.79. The molecule has 0 radical (unpaired) electrons. The van der Waals surface area contributed by atoms with Crippen molar-refractivity contribution in [2.24, 2.45) is 0 Å². The van der Waals surface area contributed by atoms with Gasteiger partial charge in [0.1, 0.15) is 5.82 Å². The average Bonchev–Trinajstić information content (AvgIpc) is 3.21. The summed E-state index contributed by atoms with van der Waals surface area (Å²) in [6.45, 7) is 6.90. The van der Waals surface area contributed by atoms with Crippen molar-refractivity contribution in [2.75, 3.05) is 0 Å². The van der Waals surface area contributed by atoms with E-state index < -0.39 is 0 Å². The van der Waals surface area contributed by atoms with Gasteiger partial charge in [0, 0.05) is 17.8 Å². The molecule has 0 amide bonds. The van der Waals surface area contributed by atoms with Crippen molar-refractivity contribution >= 4 is 0 Å². The molecular weight excluding hydrogens is 677 g/mol. The van der Waals surface area contributed by atoms with E-state index in [0.717, 1.165) is 25.1 Å². The summed E-state index contributed by atoms with van der Waals surface area (Å²) in [5, 5.41) is 0. The molecule has 0 aliphatic rings. The molecule has 1 heterocycles. The molecule has 0 fully saturated rings. The Morgan fingerprint density at radius 1 is 0.232 bits per heavy atom. The number of aromatic nitrogens is 2. The van der Waals surface area contributed by atoms with Gasteiger partial charge in [-0.15, -0.1) is 0 Å². The minimum Gasteiger partial charge on any atom is -0.238 e. The van der Waals surface area contributed by atoms with Crippen LogP contribution in [0.4, 0.5) is 0 Å². The summed E-state index contributed by atoms with van der Waals surface area (Å²) in [5.41, 5.74) is 2.64. The molecule has 0 aromatic carbocycles. The summed E-state index contributed by atoms with van der Waals surface area (Å²) in [7, 11) is 0. The van der Waals surface area contributed by atoms with Crippen LogP contribution in [0.2, 0.25) is 0 Å². The molecule has 1 aromatic rings. The van der Waals surface area contributed by atoms with Crippen LogP contribution in [0.15, 0.2) is 6.07 Å². The van der Waals surface area contributed by atoms with Crippen LogP contribution in [0, 0.1) is 0 Å². The van der Waals surface area contributed by atoms with Gasteiger partial charge in [-0.25, -0.2) is 9.97 Å². The number of nitrogens with zero attached hydrogens (tertiary/aromatic N) is 2. The largest absolute Gasteiger partial charge is 0.238 e. The van der Waals surface area contributed by atoms with E-state index in [9.17, 15) is 0 Å². The molecule has 0 unspecified atom stereocenters. The van der Waals surface area contributed by atoms with Crippen LogP contribution >= 0.6 is 0 Å². The van der Waals surface area contributed by atoms with Crippen LogP contribution in [0.5, 0.6) is 0 Å². The summed E-state index contributed by atoms with van der Waals surface area (Å²) in [5.74, 6) is 1.12. The highest BCUT2D eigenvalue weighted by Gasteiger charge is 2.06. The molecule has 0 bridgehead atoms. The lowest BCUT2D eigenvalue weighted by Crippen LogP contribution is -2.04. The molecule has 0 N–H and O–H groups in total. The normalized spacial score (nSPS) is 11.6. The van der Waals surface area contributed by atoms with Gasteiger partial charge in [-0.3, -0.25) is 0 Å². The molecule has 56 heavy (non-hydrogen) atoms. The highest BCUT2D eigenvalue weighted by atomic mass is 14.9. The molecule has 0 saturated heterocycles. The number of rotatable bonds is 47.